The topological polar surface area (TPSA) is 83.9 Å². The molecule has 2 amide bonds. The van der Waals surface area contributed by atoms with Crippen LogP contribution in [0.25, 0.3) is 0 Å². The fraction of sp³-hybridized carbons (Fsp3) is 0.444. The highest BCUT2D eigenvalue weighted by molar-refractivity contribution is 6.16. The van der Waals surface area contributed by atoms with E-state index in [1.54, 1.807) is 0 Å². The Kier molecular flexibility index (Phi) is 3.21. The van der Waals surface area contributed by atoms with Gasteiger partial charge in [0.2, 0.25) is 0 Å². The predicted octanol–water partition coefficient (Wildman–Crippen LogP) is -1.16. The standard InChI is InChI=1S/C9H11NO5/c1-5-3-7(12)10(8(5)13)4-6(11)9(14)15-2/h3,6,11H,4H2,1-2H3. The molecule has 1 aliphatic heterocycles. The first-order valence-corrected chi connectivity index (χ1v) is 4.27. The number of ether oxygens (including phenoxy) is 1. The Morgan fingerprint density at radius 1 is 1.60 bits per heavy atom. The second kappa shape index (κ2) is 4.22. The van der Waals surface area contributed by atoms with E-state index in [1.807, 2.05) is 0 Å². The van der Waals surface area contributed by atoms with Crippen molar-refractivity contribution in [2.75, 3.05) is 13.7 Å². The van der Waals surface area contributed by atoms with Crippen LogP contribution in [0.15, 0.2) is 11.6 Å². The highest BCUT2D eigenvalue weighted by Gasteiger charge is 2.32. The average molecular weight is 213 g/mol. The number of esters is 1. The Hall–Kier alpha value is -1.69. The molecule has 1 rings (SSSR count). The lowest BCUT2D eigenvalue weighted by Crippen LogP contribution is -2.41. The first-order chi connectivity index (χ1) is 6.97. The molecule has 1 atom stereocenters. The van der Waals surface area contributed by atoms with E-state index < -0.39 is 23.9 Å². The van der Waals surface area contributed by atoms with E-state index in [2.05, 4.69) is 4.74 Å². The summed E-state index contributed by atoms with van der Waals surface area (Å²) in [5, 5.41) is 9.26. The van der Waals surface area contributed by atoms with Gasteiger partial charge in [0, 0.05) is 11.6 Å². The first-order valence-electron chi connectivity index (χ1n) is 4.27. The van der Waals surface area contributed by atoms with Gasteiger partial charge in [-0.25, -0.2) is 4.79 Å². The highest BCUT2D eigenvalue weighted by Crippen LogP contribution is 2.12. The van der Waals surface area contributed by atoms with Crippen LogP contribution in [0.5, 0.6) is 0 Å². The number of nitrogens with zero attached hydrogens (tertiary/aromatic N) is 1. The zero-order chi connectivity index (χ0) is 11.6. The number of β-amino-alcohol motifs (C(OH)–C–C–N with tert-alkyl or cyclic N) is 1. The number of aliphatic hydroxyl groups excluding tert-OH is 1. The number of methoxy groups -OCH3 is 1. The molecule has 0 aliphatic carbocycles. The van der Waals surface area contributed by atoms with Gasteiger partial charge in [-0.1, -0.05) is 0 Å². The molecular weight excluding hydrogens is 202 g/mol. The van der Waals surface area contributed by atoms with Gasteiger partial charge in [0.25, 0.3) is 11.8 Å². The van der Waals surface area contributed by atoms with Crippen molar-refractivity contribution in [3.05, 3.63) is 11.6 Å². The number of carbonyl (C=O) groups excluding carboxylic acids is 3. The monoisotopic (exact) mass is 213 g/mol. The van der Waals surface area contributed by atoms with Crippen molar-refractivity contribution in [3.63, 3.8) is 0 Å². The molecule has 6 nitrogen and oxygen atoms in total. The van der Waals surface area contributed by atoms with Gasteiger partial charge >= 0.3 is 5.97 Å². The van der Waals surface area contributed by atoms with E-state index in [1.165, 1.54) is 6.92 Å². The van der Waals surface area contributed by atoms with Crippen molar-refractivity contribution in [1.82, 2.24) is 4.90 Å². The third kappa shape index (κ3) is 2.21. The smallest absolute Gasteiger partial charge is 0.336 e. The summed E-state index contributed by atoms with van der Waals surface area (Å²) < 4.78 is 4.26. The molecule has 1 N–H and O–H groups in total. The second-order valence-corrected chi connectivity index (χ2v) is 3.12. The molecule has 0 bridgehead atoms. The molecular formula is C9H11NO5. The summed E-state index contributed by atoms with van der Waals surface area (Å²) >= 11 is 0. The van der Waals surface area contributed by atoms with E-state index in [4.69, 9.17) is 0 Å². The highest BCUT2D eigenvalue weighted by atomic mass is 16.5. The minimum atomic E-state index is -1.50. The summed E-state index contributed by atoms with van der Waals surface area (Å²) in [5.74, 6) is -1.90. The molecule has 0 aromatic carbocycles. The van der Waals surface area contributed by atoms with Crippen molar-refractivity contribution in [2.24, 2.45) is 0 Å². The van der Waals surface area contributed by atoms with Crippen LogP contribution < -0.4 is 0 Å². The van der Waals surface area contributed by atoms with E-state index in [9.17, 15) is 19.5 Å². The van der Waals surface area contributed by atoms with Crippen LogP contribution in [-0.4, -0.2) is 47.5 Å². The minimum absolute atomic E-state index is 0.289. The van der Waals surface area contributed by atoms with Gasteiger partial charge in [-0.05, 0) is 6.92 Å². The van der Waals surface area contributed by atoms with Crippen molar-refractivity contribution >= 4 is 17.8 Å². The second-order valence-electron chi connectivity index (χ2n) is 3.12. The number of aliphatic hydroxyl groups is 1. The Balaban J connectivity index is 2.65. The fourth-order valence-electron chi connectivity index (χ4n) is 1.19. The Labute approximate surface area is 86.1 Å². The van der Waals surface area contributed by atoms with Gasteiger partial charge in [0.1, 0.15) is 0 Å². The molecule has 0 spiro atoms. The Morgan fingerprint density at radius 2 is 2.20 bits per heavy atom. The van der Waals surface area contributed by atoms with Crippen LogP contribution in [0, 0.1) is 0 Å². The van der Waals surface area contributed by atoms with E-state index >= 15 is 0 Å². The van der Waals surface area contributed by atoms with E-state index in [-0.39, 0.29) is 12.1 Å². The molecule has 0 saturated carbocycles. The summed E-state index contributed by atoms with van der Waals surface area (Å²) in [6, 6.07) is 0. The van der Waals surface area contributed by atoms with E-state index in [0.29, 0.717) is 0 Å². The maximum atomic E-state index is 11.3. The molecule has 1 unspecified atom stereocenters. The van der Waals surface area contributed by atoms with Gasteiger partial charge < -0.3 is 9.84 Å². The number of rotatable bonds is 3. The van der Waals surface area contributed by atoms with Crippen LogP contribution in [0.1, 0.15) is 6.92 Å². The van der Waals surface area contributed by atoms with Crippen molar-refractivity contribution < 1.29 is 24.2 Å². The predicted molar refractivity (Wildman–Crippen MR) is 48.5 cm³/mol. The lowest BCUT2D eigenvalue weighted by molar-refractivity contribution is -0.153. The van der Waals surface area contributed by atoms with Crippen LogP contribution in [0.4, 0.5) is 0 Å². The summed E-state index contributed by atoms with van der Waals surface area (Å²) in [5.41, 5.74) is 0.289. The maximum Gasteiger partial charge on any atom is 0.336 e. The fourth-order valence-corrected chi connectivity index (χ4v) is 1.19. The van der Waals surface area contributed by atoms with Crippen LogP contribution in [0.2, 0.25) is 0 Å². The summed E-state index contributed by atoms with van der Waals surface area (Å²) in [7, 11) is 1.11. The molecule has 1 aliphatic rings. The molecule has 0 saturated heterocycles. The number of carbonyl (C=O) groups is 3. The van der Waals surface area contributed by atoms with Gasteiger partial charge in [-0.15, -0.1) is 0 Å². The third-order valence-electron chi connectivity index (χ3n) is 2.02. The average Bonchev–Trinajstić information content (AvgIpc) is 2.43. The molecule has 82 valence electrons. The molecule has 0 aromatic rings. The number of amides is 2. The first kappa shape index (κ1) is 11.4. The van der Waals surface area contributed by atoms with Crippen molar-refractivity contribution in [1.29, 1.82) is 0 Å². The minimum Gasteiger partial charge on any atom is -0.467 e. The van der Waals surface area contributed by atoms with Gasteiger partial charge in [-0.3, -0.25) is 14.5 Å². The number of hydrogen-bond donors (Lipinski definition) is 1. The molecule has 0 radical (unpaired) electrons. The number of imide groups is 1. The lowest BCUT2D eigenvalue weighted by atomic mass is 10.3. The molecule has 0 fully saturated rings. The van der Waals surface area contributed by atoms with Crippen LogP contribution >= 0.6 is 0 Å². The maximum absolute atomic E-state index is 11.3. The van der Waals surface area contributed by atoms with Gasteiger partial charge in [0.05, 0.1) is 13.7 Å². The Bertz CT molecular complexity index is 346. The normalized spacial score (nSPS) is 17.8. The Morgan fingerprint density at radius 3 is 2.60 bits per heavy atom. The van der Waals surface area contributed by atoms with Crippen molar-refractivity contribution in [2.45, 2.75) is 13.0 Å². The van der Waals surface area contributed by atoms with Gasteiger partial charge in [0.15, 0.2) is 6.10 Å². The molecule has 15 heavy (non-hydrogen) atoms. The quantitative estimate of drug-likeness (QED) is 0.472. The SMILES string of the molecule is COC(=O)C(O)CN1C(=O)C=C(C)C1=O. The number of hydrogen-bond acceptors (Lipinski definition) is 5. The van der Waals surface area contributed by atoms with Gasteiger partial charge in [-0.2, -0.15) is 0 Å². The van der Waals surface area contributed by atoms with Crippen molar-refractivity contribution in [3.8, 4) is 0 Å². The summed E-state index contributed by atoms with van der Waals surface area (Å²) in [6.45, 7) is 1.11. The third-order valence-corrected chi connectivity index (χ3v) is 2.02. The molecule has 1 heterocycles. The molecule has 0 aromatic heterocycles. The zero-order valence-electron chi connectivity index (χ0n) is 8.39. The lowest BCUT2D eigenvalue weighted by Gasteiger charge is -2.16. The summed E-state index contributed by atoms with van der Waals surface area (Å²) in [4.78, 5) is 34.2. The summed E-state index contributed by atoms with van der Waals surface area (Å²) in [6.07, 6.45) is -0.339. The van der Waals surface area contributed by atoms with E-state index in [0.717, 1.165) is 18.1 Å². The largest absolute Gasteiger partial charge is 0.467 e. The zero-order valence-corrected chi connectivity index (χ0v) is 8.39. The molecule has 6 heteroatoms. The van der Waals surface area contributed by atoms with Crippen LogP contribution in [0.3, 0.4) is 0 Å². The van der Waals surface area contributed by atoms with Crippen LogP contribution in [-0.2, 0) is 19.1 Å².